The van der Waals surface area contributed by atoms with Crippen molar-refractivity contribution >= 4 is 5.97 Å². The number of hydrogen-bond acceptors (Lipinski definition) is 8. The Balaban J connectivity index is 0.000000216. The highest BCUT2D eigenvalue weighted by Gasteiger charge is 2.27. The lowest BCUT2D eigenvalue weighted by Gasteiger charge is -2.22. The number of nitrogens with zero attached hydrogens (tertiary/aromatic N) is 3. The van der Waals surface area contributed by atoms with Crippen LogP contribution >= 0.6 is 0 Å². The second-order valence-corrected chi connectivity index (χ2v) is 11.3. The molecule has 0 aromatic carbocycles. The topological polar surface area (TPSA) is 120 Å². The van der Waals surface area contributed by atoms with Crippen molar-refractivity contribution < 1.29 is 23.9 Å². The maximum Gasteiger partial charge on any atom is 0.354 e. The normalized spacial score (nSPS) is 17.1. The first-order chi connectivity index (χ1) is 18.8. The van der Waals surface area contributed by atoms with Gasteiger partial charge in [0.1, 0.15) is 0 Å². The molecule has 218 valence electrons. The highest BCUT2D eigenvalue weighted by atomic mass is 16.5. The number of nitrogens with one attached hydrogen (secondary N) is 1. The van der Waals surface area contributed by atoms with Crippen molar-refractivity contribution in [3.8, 4) is 5.88 Å². The van der Waals surface area contributed by atoms with Crippen LogP contribution in [0, 0.1) is 12.8 Å². The second kappa shape index (κ2) is 15.9. The van der Waals surface area contributed by atoms with Gasteiger partial charge in [-0.05, 0) is 70.5 Å². The monoisotopic (exact) mass is 544 g/mol. The molecule has 0 radical (unpaired) electrons. The van der Waals surface area contributed by atoms with Crippen molar-refractivity contribution in [3.05, 3.63) is 35.1 Å². The lowest BCUT2D eigenvalue weighted by molar-refractivity contribution is 0.0687. The lowest BCUT2D eigenvalue weighted by atomic mass is 10.0. The average Bonchev–Trinajstić information content (AvgIpc) is 3.37. The van der Waals surface area contributed by atoms with Gasteiger partial charge in [-0.15, -0.1) is 0 Å². The van der Waals surface area contributed by atoms with E-state index in [9.17, 15) is 4.79 Å². The Bertz CT molecular complexity index is 999. The number of carboxylic acids is 1. The van der Waals surface area contributed by atoms with Crippen LogP contribution in [-0.4, -0.2) is 46.0 Å². The molecule has 1 aliphatic heterocycles. The first-order valence-corrected chi connectivity index (χ1v) is 14.8. The van der Waals surface area contributed by atoms with Crippen molar-refractivity contribution in [2.75, 3.05) is 19.8 Å². The zero-order valence-corrected chi connectivity index (χ0v) is 24.3. The average molecular weight is 545 g/mol. The van der Waals surface area contributed by atoms with Crippen LogP contribution in [0.4, 0.5) is 0 Å². The molecule has 1 aliphatic carbocycles. The van der Waals surface area contributed by atoms with Gasteiger partial charge in [0.05, 0.1) is 18.2 Å². The van der Waals surface area contributed by atoms with Gasteiger partial charge in [-0.2, -0.15) is 4.98 Å². The molecule has 2 aliphatic rings. The minimum atomic E-state index is -1.03. The number of aromatic nitrogens is 3. The van der Waals surface area contributed by atoms with E-state index >= 15 is 0 Å². The van der Waals surface area contributed by atoms with Crippen molar-refractivity contribution in [3.63, 3.8) is 0 Å². The number of aryl methyl sites for hydroxylation is 1. The Morgan fingerprint density at radius 2 is 1.79 bits per heavy atom. The Kier molecular flexibility index (Phi) is 12.7. The smallest absolute Gasteiger partial charge is 0.354 e. The van der Waals surface area contributed by atoms with E-state index < -0.39 is 5.97 Å². The van der Waals surface area contributed by atoms with Crippen LogP contribution in [0.25, 0.3) is 0 Å². The molecule has 4 rings (SSSR count). The van der Waals surface area contributed by atoms with Crippen LogP contribution in [0.2, 0.25) is 0 Å². The van der Waals surface area contributed by atoms with Gasteiger partial charge in [-0.3, -0.25) is 0 Å². The predicted octanol–water partition coefficient (Wildman–Crippen LogP) is 6.76. The molecule has 3 heterocycles. The largest absolute Gasteiger partial charge is 0.477 e. The predicted molar refractivity (Wildman–Crippen MR) is 150 cm³/mol. The highest BCUT2D eigenvalue weighted by molar-refractivity contribution is 5.85. The first kappa shape index (κ1) is 31.0. The van der Waals surface area contributed by atoms with Crippen LogP contribution in [0.3, 0.4) is 0 Å². The van der Waals surface area contributed by atoms with Gasteiger partial charge in [0.15, 0.2) is 11.5 Å². The molecule has 2 aromatic heterocycles. The van der Waals surface area contributed by atoms with Crippen LogP contribution in [0.15, 0.2) is 16.7 Å². The molecule has 9 heteroatoms. The van der Waals surface area contributed by atoms with E-state index in [4.69, 9.17) is 19.1 Å². The summed E-state index contributed by atoms with van der Waals surface area (Å²) in [5, 5.41) is 16.5. The number of carbonyl (C=O) groups is 1. The zero-order valence-electron chi connectivity index (χ0n) is 24.3. The number of aromatic carboxylic acids is 1. The Morgan fingerprint density at radius 1 is 1.08 bits per heavy atom. The molecule has 2 fully saturated rings. The summed E-state index contributed by atoms with van der Waals surface area (Å²) in [5.74, 6) is 1.37. The fourth-order valence-corrected chi connectivity index (χ4v) is 4.53. The number of ether oxygens (including phenoxy) is 2. The molecule has 1 unspecified atom stereocenters. The maximum atomic E-state index is 11.0. The minimum absolute atomic E-state index is 0.00968. The van der Waals surface area contributed by atoms with Gasteiger partial charge in [-0.25, -0.2) is 9.78 Å². The highest BCUT2D eigenvalue weighted by Crippen LogP contribution is 2.35. The Labute approximate surface area is 233 Å². The molecule has 2 aromatic rings. The number of rotatable bonds is 16. The summed E-state index contributed by atoms with van der Waals surface area (Å²) in [6.07, 6.45) is 15.1. The molecule has 9 nitrogen and oxygen atoms in total. The minimum Gasteiger partial charge on any atom is -0.477 e. The number of hydrogen-bond donors (Lipinski definition) is 2. The van der Waals surface area contributed by atoms with Gasteiger partial charge >= 0.3 is 5.97 Å². The van der Waals surface area contributed by atoms with Crippen LogP contribution < -0.4 is 10.1 Å². The Hall–Kier alpha value is -2.52. The van der Waals surface area contributed by atoms with Crippen LogP contribution in [-0.2, 0) is 10.3 Å². The third-order valence-corrected chi connectivity index (χ3v) is 7.22. The van der Waals surface area contributed by atoms with E-state index in [1.54, 1.807) is 6.07 Å². The van der Waals surface area contributed by atoms with Gasteiger partial charge in [0, 0.05) is 19.1 Å². The van der Waals surface area contributed by atoms with E-state index in [0.29, 0.717) is 24.3 Å². The second-order valence-electron chi connectivity index (χ2n) is 11.3. The number of pyridine rings is 1. The number of unbranched alkanes of at least 4 members (excludes halogenated alkanes) is 7. The summed E-state index contributed by atoms with van der Waals surface area (Å²) < 4.78 is 16.4. The zero-order chi connectivity index (χ0) is 28.1. The Morgan fingerprint density at radius 3 is 2.38 bits per heavy atom. The fraction of sp³-hybridized carbons (Fsp3) is 0.733. The van der Waals surface area contributed by atoms with Crippen LogP contribution in [0.5, 0.6) is 5.88 Å². The van der Waals surface area contributed by atoms with E-state index in [-0.39, 0.29) is 17.3 Å². The molecule has 1 saturated heterocycles. The van der Waals surface area contributed by atoms with Gasteiger partial charge in [0.25, 0.3) is 0 Å². The van der Waals surface area contributed by atoms with Crippen molar-refractivity contribution in [2.45, 2.75) is 116 Å². The summed E-state index contributed by atoms with van der Waals surface area (Å²) in [7, 11) is 0. The van der Waals surface area contributed by atoms with Gasteiger partial charge in [0.2, 0.25) is 11.8 Å². The quantitative estimate of drug-likeness (QED) is 0.221. The van der Waals surface area contributed by atoms with Gasteiger partial charge in [-0.1, -0.05) is 57.0 Å². The molecule has 2 N–H and O–H groups in total. The lowest BCUT2D eigenvalue weighted by Crippen LogP contribution is -2.38. The summed E-state index contributed by atoms with van der Waals surface area (Å²) in [4.78, 5) is 19.4. The fourth-order valence-electron chi connectivity index (χ4n) is 4.53. The van der Waals surface area contributed by atoms with E-state index in [2.05, 4.69) is 41.2 Å². The summed E-state index contributed by atoms with van der Waals surface area (Å²) in [6.45, 7) is 10.7. The molecule has 0 bridgehead atoms. The van der Waals surface area contributed by atoms with Crippen molar-refractivity contribution in [1.82, 2.24) is 20.4 Å². The standard InChI is InChI=1S/C16H31N3O.C14H17NO4/c1-5-6-7-8-9-10-11-12-13-17-16(3,4)15-18-14(2)20-19-15;16-14(17)11-6-5-10(12-2-1-7-18-12)13(15-11)19-8-9-3-4-9/h17H,5-13H2,1-4H3;5-6,9,12H,1-4,7-8H2,(H,16,17). The maximum absolute atomic E-state index is 11.0. The third-order valence-electron chi connectivity index (χ3n) is 7.22. The van der Waals surface area contributed by atoms with E-state index in [1.165, 1.54) is 70.3 Å². The van der Waals surface area contributed by atoms with Crippen LogP contribution in [0.1, 0.15) is 132 Å². The third kappa shape index (κ3) is 10.9. The molecule has 0 spiro atoms. The summed E-state index contributed by atoms with van der Waals surface area (Å²) in [5.41, 5.74) is 0.689. The van der Waals surface area contributed by atoms with E-state index in [1.807, 2.05) is 6.92 Å². The SMILES string of the molecule is CCCCCCCCCCNC(C)(C)c1noc(C)n1.O=C(O)c1ccc(C2CCCO2)c(OCC2CC2)n1. The van der Waals surface area contributed by atoms with E-state index in [0.717, 1.165) is 37.4 Å². The summed E-state index contributed by atoms with van der Waals surface area (Å²) >= 11 is 0. The molecular formula is C30H48N4O5. The molecular weight excluding hydrogens is 496 g/mol. The van der Waals surface area contributed by atoms with Crippen molar-refractivity contribution in [2.24, 2.45) is 5.92 Å². The summed E-state index contributed by atoms with van der Waals surface area (Å²) in [6, 6.07) is 3.29. The van der Waals surface area contributed by atoms with Gasteiger partial charge < -0.3 is 24.4 Å². The molecule has 1 atom stereocenters. The van der Waals surface area contributed by atoms with Crippen molar-refractivity contribution in [1.29, 1.82) is 0 Å². The molecule has 0 amide bonds. The molecule has 39 heavy (non-hydrogen) atoms. The number of carboxylic acid groups (broad SMARTS) is 1. The molecule has 1 saturated carbocycles. The first-order valence-electron chi connectivity index (χ1n) is 14.8.